The molecule has 0 aromatic carbocycles. The SMILES string of the molecule is CC(C)N1CCN2c3ncc(C(F)(F)F)nc3SCC2C1. The molecule has 1 aromatic heterocycles. The average Bonchev–Trinajstić information content (AvgIpc) is 2.44. The van der Waals surface area contributed by atoms with Gasteiger partial charge in [0.15, 0.2) is 11.5 Å². The standard InChI is InChI=1S/C13H17F3N4S/c1-8(2)19-3-4-20-9(6-19)7-21-12-11(20)17-5-10(18-12)13(14,15)16/h5,8-9H,3-4,6-7H2,1-2H3. The first-order valence-electron chi connectivity index (χ1n) is 6.94. The molecule has 1 unspecified atom stereocenters. The van der Waals surface area contributed by atoms with Crippen molar-refractivity contribution in [1.82, 2.24) is 14.9 Å². The van der Waals surface area contributed by atoms with E-state index in [1.807, 2.05) is 0 Å². The molecule has 0 N–H and O–H groups in total. The van der Waals surface area contributed by atoms with Crippen molar-refractivity contribution in [3.63, 3.8) is 0 Å². The fourth-order valence-corrected chi connectivity index (χ4v) is 3.84. The Hall–Kier alpha value is -1.02. The topological polar surface area (TPSA) is 32.3 Å². The third-order valence-corrected chi connectivity index (χ3v) is 5.04. The van der Waals surface area contributed by atoms with Gasteiger partial charge in [0.05, 0.1) is 12.2 Å². The van der Waals surface area contributed by atoms with Crippen LogP contribution in [0.25, 0.3) is 0 Å². The molecule has 1 saturated heterocycles. The summed E-state index contributed by atoms with van der Waals surface area (Å²) in [6, 6.07) is 0.780. The van der Waals surface area contributed by atoms with Gasteiger partial charge in [-0.2, -0.15) is 13.2 Å². The van der Waals surface area contributed by atoms with Gasteiger partial charge in [0.25, 0.3) is 0 Å². The number of hydrogen-bond donors (Lipinski definition) is 0. The molecule has 0 amide bonds. The van der Waals surface area contributed by atoms with Gasteiger partial charge in [0.1, 0.15) is 5.03 Å². The van der Waals surface area contributed by atoms with E-state index >= 15 is 0 Å². The maximum Gasteiger partial charge on any atom is 0.434 e. The van der Waals surface area contributed by atoms with Crippen LogP contribution in [-0.4, -0.2) is 52.3 Å². The van der Waals surface area contributed by atoms with Crippen LogP contribution in [0.1, 0.15) is 19.5 Å². The average molecular weight is 318 g/mol. The highest BCUT2D eigenvalue weighted by molar-refractivity contribution is 7.99. The normalized spacial score (nSPS) is 23.1. The summed E-state index contributed by atoms with van der Waals surface area (Å²) in [6.07, 6.45) is -3.59. The van der Waals surface area contributed by atoms with Crippen LogP contribution < -0.4 is 4.90 Å². The second kappa shape index (κ2) is 5.31. The van der Waals surface area contributed by atoms with E-state index in [-0.39, 0.29) is 0 Å². The predicted octanol–water partition coefficient (Wildman–Crippen LogP) is 2.50. The van der Waals surface area contributed by atoms with E-state index < -0.39 is 11.9 Å². The van der Waals surface area contributed by atoms with E-state index in [4.69, 9.17) is 0 Å². The molecule has 0 saturated carbocycles. The Kier molecular flexibility index (Phi) is 3.77. The second-order valence-corrected chi connectivity index (χ2v) is 6.64. The first-order valence-corrected chi connectivity index (χ1v) is 7.92. The third-order valence-electron chi connectivity index (χ3n) is 3.94. The van der Waals surface area contributed by atoms with Gasteiger partial charge < -0.3 is 4.90 Å². The van der Waals surface area contributed by atoms with Gasteiger partial charge in [-0.15, -0.1) is 11.8 Å². The number of rotatable bonds is 1. The molecule has 116 valence electrons. The first-order chi connectivity index (χ1) is 9.86. The lowest BCUT2D eigenvalue weighted by Crippen LogP contribution is -2.57. The second-order valence-electron chi connectivity index (χ2n) is 5.63. The molecular formula is C13H17F3N4S. The molecular weight excluding hydrogens is 301 g/mol. The molecule has 3 heterocycles. The quantitative estimate of drug-likeness (QED) is 0.794. The van der Waals surface area contributed by atoms with Gasteiger partial charge in [-0.05, 0) is 13.8 Å². The maximum atomic E-state index is 12.7. The monoisotopic (exact) mass is 318 g/mol. The van der Waals surface area contributed by atoms with Crippen LogP contribution in [0.3, 0.4) is 0 Å². The summed E-state index contributed by atoms with van der Waals surface area (Å²) in [5.74, 6) is 1.36. The van der Waals surface area contributed by atoms with Crippen molar-refractivity contribution < 1.29 is 13.2 Å². The minimum absolute atomic E-state index is 0.296. The molecule has 0 bridgehead atoms. The third kappa shape index (κ3) is 2.83. The summed E-state index contributed by atoms with van der Waals surface area (Å²) in [4.78, 5) is 12.3. The number of fused-ring (bicyclic) bond motifs is 3. The van der Waals surface area contributed by atoms with Crippen molar-refractivity contribution in [1.29, 1.82) is 0 Å². The lowest BCUT2D eigenvalue weighted by molar-refractivity contribution is -0.141. The Bertz CT molecular complexity index is 535. The predicted molar refractivity (Wildman–Crippen MR) is 75.6 cm³/mol. The molecule has 1 atom stereocenters. The molecule has 1 aromatic rings. The van der Waals surface area contributed by atoms with Crippen LogP contribution in [-0.2, 0) is 6.18 Å². The van der Waals surface area contributed by atoms with Crippen LogP contribution >= 0.6 is 11.8 Å². The summed E-state index contributed by atoms with van der Waals surface area (Å²) in [7, 11) is 0. The number of aromatic nitrogens is 2. The van der Waals surface area contributed by atoms with Gasteiger partial charge in [-0.3, -0.25) is 4.90 Å². The Labute approximate surface area is 125 Å². The fraction of sp³-hybridized carbons (Fsp3) is 0.692. The number of piperazine rings is 1. The fourth-order valence-electron chi connectivity index (χ4n) is 2.74. The highest BCUT2D eigenvalue weighted by atomic mass is 32.2. The number of thioether (sulfide) groups is 1. The van der Waals surface area contributed by atoms with Crippen LogP contribution in [0.15, 0.2) is 11.2 Å². The van der Waals surface area contributed by atoms with E-state index in [9.17, 15) is 13.2 Å². The smallest absolute Gasteiger partial charge is 0.348 e. The van der Waals surface area contributed by atoms with E-state index in [1.54, 1.807) is 0 Å². The number of nitrogens with zero attached hydrogens (tertiary/aromatic N) is 4. The number of hydrogen-bond acceptors (Lipinski definition) is 5. The van der Waals surface area contributed by atoms with Crippen molar-refractivity contribution in [3.8, 4) is 0 Å². The minimum atomic E-state index is -4.43. The highest BCUT2D eigenvalue weighted by Crippen LogP contribution is 2.38. The zero-order chi connectivity index (χ0) is 15.2. The number of anilines is 1. The molecule has 1 fully saturated rings. The molecule has 0 aliphatic carbocycles. The molecule has 2 aliphatic heterocycles. The number of alkyl halides is 3. The zero-order valence-electron chi connectivity index (χ0n) is 11.9. The van der Waals surface area contributed by atoms with E-state index in [0.717, 1.165) is 31.6 Å². The van der Waals surface area contributed by atoms with Crippen molar-refractivity contribution >= 4 is 17.6 Å². The zero-order valence-corrected chi connectivity index (χ0v) is 12.7. The highest BCUT2D eigenvalue weighted by Gasteiger charge is 2.38. The summed E-state index contributed by atoms with van der Waals surface area (Å²) in [5.41, 5.74) is -0.909. The van der Waals surface area contributed by atoms with Crippen molar-refractivity contribution in [3.05, 3.63) is 11.9 Å². The van der Waals surface area contributed by atoms with Gasteiger partial charge in [-0.25, -0.2) is 9.97 Å². The molecule has 8 heteroatoms. The molecule has 2 aliphatic rings. The maximum absolute atomic E-state index is 12.7. The van der Waals surface area contributed by atoms with Crippen molar-refractivity contribution in [2.24, 2.45) is 0 Å². The van der Waals surface area contributed by atoms with Crippen LogP contribution in [0.4, 0.5) is 19.0 Å². The summed E-state index contributed by atoms with van der Waals surface area (Å²) < 4.78 is 38.1. The molecule has 21 heavy (non-hydrogen) atoms. The summed E-state index contributed by atoms with van der Waals surface area (Å²) in [6.45, 7) is 6.94. The molecule has 4 nitrogen and oxygen atoms in total. The largest absolute Gasteiger partial charge is 0.434 e. The van der Waals surface area contributed by atoms with E-state index in [1.165, 1.54) is 11.8 Å². The van der Waals surface area contributed by atoms with Crippen LogP contribution in [0.2, 0.25) is 0 Å². The van der Waals surface area contributed by atoms with E-state index in [0.29, 0.717) is 22.9 Å². The van der Waals surface area contributed by atoms with Crippen LogP contribution in [0, 0.1) is 0 Å². The minimum Gasteiger partial charge on any atom is -0.348 e. The van der Waals surface area contributed by atoms with Gasteiger partial charge in [0.2, 0.25) is 0 Å². The summed E-state index contributed by atoms with van der Waals surface area (Å²) in [5, 5.41) is 0.402. The van der Waals surface area contributed by atoms with Gasteiger partial charge in [-0.1, -0.05) is 0 Å². The van der Waals surface area contributed by atoms with Crippen molar-refractivity contribution in [2.75, 3.05) is 30.3 Å². The summed E-state index contributed by atoms with van der Waals surface area (Å²) >= 11 is 1.38. The lowest BCUT2D eigenvalue weighted by Gasteiger charge is -2.45. The lowest BCUT2D eigenvalue weighted by atomic mass is 10.1. The molecule has 0 spiro atoms. The Balaban J connectivity index is 1.85. The first kappa shape index (κ1) is 14.9. The molecule has 3 rings (SSSR count). The van der Waals surface area contributed by atoms with Crippen molar-refractivity contribution in [2.45, 2.75) is 37.1 Å². The van der Waals surface area contributed by atoms with Gasteiger partial charge >= 0.3 is 6.18 Å². The van der Waals surface area contributed by atoms with Crippen LogP contribution in [0.5, 0.6) is 0 Å². The van der Waals surface area contributed by atoms with E-state index in [2.05, 4.69) is 33.6 Å². The Morgan fingerprint density at radius 2 is 2.10 bits per heavy atom. The number of halogens is 3. The molecule has 0 radical (unpaired) electrons. The Morgan fingerprint density at radius 3 is 2.76 bits per heavy atom. The van der Waals surface area contributed by atoms with Gasteiger partial charge in [0, 0.05) is 31.4 Å². The Morgan fingerprint density at radius 1 is 1.33 bits per heavy atom.